The first-order chi connectivity index (χ1) is 13.3. The monoisotopic (exact) mass is 554 g/mol. The molecule has 2 atom stereocenters. The predicted octanol–water partition coefficient (Wildman–Crippen LogP) is 3.47. The summed E-state index contributed by atoms with van der Waals surface area (Å²) >= 11 is 1.93. The lowest BCUT2D eigenvalue weighted by Gasteiger charge is -2.17. The van der Waals surface area contributed by atoms with Crippen molar-refractivity contribution in [3.05, 3.63) is 35.4 Å². The van der Waals surface area contributed by atoms with E-state index < -0.39 is 10.0 Å². The van der Waals surface area contributed by atoms with Crippen molar-refractivity contribution in [2.24, 2.45) is 4.99 Å². The van der Waals surface area contributed by atoms with Gasteiger partial charge >= 0.3 is 0 Å². The Balaban J connectivity index is 0.00000420. The first-order valence-electron chi connectivity index (χ1n) is 9.97. The number of nitrogens with zero attached hydrogens (tertiary/aromatic N) is 1. The Bertz CT molecular complexity index is 757. The zero-order valence-corrected chi connectivity index (χ0v) is 21.7. The van der Waals surface area contributed by atoms with E-state index in [4.69, 9.17) is 4.99 Å². The van der Waals surface area contributed by atoms with Crippen LogP contribution in [-0.2, 0) is 22.3 Å². The van der Waals surface area contributed by atoms with Crippen LogP contribution in [0.25, 0.3) is 0 Å². The minimum atomic E-state index is -3.36. The van der Waals surface area contributed by atoms with Crippen molar-refractivity contribution in [2.75, 3.05) is 12.8 Å². The van der Waals surface area contributed by atoms with Crippen molar-refractivity contribution in [2.45, 2.75) is 69.7 Å². The van der Waals surface area contributed by atoms with E-state index in [1.54, 1.807) is 0 Å². The fourth-order valence-corrected chi connectivity index (χ4v) is 5.71. The van der Waals surface area contributed by atoms with Crippen LogP contribution in [0.2, 0.25) is 0 Å². The second kappa shape index (κ2) is 13.0. The summed E-state index contributed by atoms with van der Waals surface area (Å²) in [5, 5.41) is 7.57. The van der Waals surface area contributed by atoms with Crippen LogP contribution in [0.15, 0.2) is 29.3 Å². The number of thioether (sulfide) groups is 1. The van der Waals surface area contributed by atoms with Crippen LogP contribution in [0.1, 0.15) is 51.2 Å². The van der Waals surface area contributed by atoms with Gasteiger partial charge in [0.2, 0.25) is 10.0 Å². The summed E-state index contributed by atoms with van der Waals surface area (Å²) in [7, 11) is -3.36. The lowest BCUT2D eigenvalue weighted by Crippen LogP contribution is -2.42. The molecule has 0 spiro atoms. The number of hydrogen-bond acceptors (Lipinski definition) is 4. The van der Waals surface area contributed by atoms with E-state index in [1.807, 2.05) is 49.9 Å². The van der Waals surface area contributed by atoms with Crippen LogP contribution in [0.3, 0.4) is 0 Å². The smallest absolute Gasteiger partial charge is 0.216 e. The average Bonchev–Trinajstić information content (AvgIpc) is 3.07. The van der Waals surface area contributed by atoms with Gasteiger partial charge in [0.25, 0.3) is 0 Å². The molecule has 0 saturated heterocycles. The van der Waals surface area contributed by atoms with Crippen molar-refractivity contribution >= 4 is 51.7 Å². The SMILES string of the molecule is CCNC(=NCc1ccccc1CS(=O)(=O)NC(C)C)NC1CCC(SC)C1.I. The van der Waals surface area contributed by atoms with Crippen molar-refractivity contribution in [3.63, 3.8) is 0 Å². The number of benzene rings is 1. The van der Waals surface area contributed by atoms with Crippen molar-refractivity contribution in [1.29, 1.82) is 0 Å². The summed E-state index contributed by atoms with van der Waals surface area (Å²) < 4.78 is 27.3. The van der Waals surface area contributed by atoms with E-state index >= 15 is 0 Å². The largest absolute Gasteiger partial charge is 0.357 e. The molecule has 6 nitrogen and oxygen atoms in total. The number of hydrogen-bond donors (Lipinski definition) is 3. The first-order valence-corrected chi connectivity index (χ1v) is 12.9. The second-order valence-electron chi connectivity index (χ2n) is 7.51. The fraction of sp³-hybridized carbons (Fsp3) is 0.650. The number of nitrogens with one attached hydrogen (secondary N) is 3. The maximum absolute atomic E-state index is 12.3. The quantitative estimate of drug-likeness (QED) is 0.248. The van der Waals surface area contributed by atoms with Gasteiger partial charge in [-0.15, -0.1) is 24.0 Å². The standard InChI is InChI=1S/C20H34N4O2S2.HI/c1-5-21-20(23-18-10-11-19(12-18)27-4)22-13-16-8-6-7-9-17(16)14-28(25,26)24-15(2)3;/h6-9,15,18-19,24H,5,10-14H2,1-4H3,(H2,21,22,23);1H. The molecular weight excluding hydrogens is 519 g/mol. The minimum absolute atomic E-state index is 0. The summed E-state index contributed by atoms with van der Waals surface area (Å²) in [6, 6.07) is 7.95. The van der Waals surface area contributed by atoms with E-state index in [0.29, 0.717) is 12.6 Å². The molecule has 3 N–H and O–H groups in total. The highest BCUT2D eigenvalue weighted by Gasteiger charge is 2.24. The molecule has 0 bridgehead atoms. The summed E-state index contributed by atoms with van der Waals surface area (Å²) in [5.74, 6) is 0.769. The van der Waals surface area contributed by atoms with Gasteiger partial charge < -0.3 is 10.6 Å². The molecule has 2 unspecified atom stereocenters. The van der Waals surface area contributed by atoms with E-state index in [-0.39, 0.29) is 35.8 Å². The molecule has 29 heavy (non-hydrogen) atoms. The Labute approximate surface area is 197 Å². The van der Waals surface area contributed by atoms with Gasteiger partial charge in [0, 0.05) is 23.9 Å². The Hall–Kier alpha value is -0.520. The Kier molecular flexibility index (Phi) is 11.9. The van der Waals surface area contributed by atoms with Crippen molar-refractivity contribution < 1.29 is 8.42 Å². The highest BCUT2D eigenvalue weighted by atomic mass is 127. The number of guanidine groups is 1. The highest BCUT2D eigenvalue weighted by Crippen LogP contribution is 2.28. The van der Waals surface area contributed by atoms with Gasteiger partial charge in [-0.1, -0.05) is 24.3 Å². The van der Waals surface area contributed by atoms with Crippen LogP contribution >= 0.6 is 35.7 Å². The molecule has 0 aliphatic heterocycles. The molecule has 2 rings (SSSR count). The summed E-state index contributed by atoms with van der Waals surface area (Å²) in [6.45, 7) is 6.94. The molecule has 166 valence electrons. The fourth-order valence-electron chi connectivity index (χ4n) is 3.42. The third-order valence-electron chi connectivity index (χ3n) is 4.69. The third-order valence-corrected chi connectivity index (χ3v) is 7.31. The van der Waals surface area contributed by atoms with E-state index in [2.05, 4.69) is 28.5 Å². The van der Waals surface area contributed by atoms with Gasteiger partial charge in [-0.2, -0.15) is 11.8 Å². The lowest BCUT2D eigenvalue weighted by atomic mass is 10.1. The van der Waals surface area contributed by atoms with Crippen LogP contribution in [-0.4, -0.2) is 44.5 Å². The number of halogens is 1. The second-order valence-corrected chi connectivity index (χ2v) is 10.4. The minimum Gasteiger partial charge on any atom is -0.357 e. The molecule has 1 fully saturated rings. The van der Waals surface area contributed by atoms with Gasteiger partial charge in [0.1, 0.15) is 0 Å². The maximum atomic E-state index is 12.3. The van der Waals surface area contributed by atoms with Gasteiger partial charge in [-0.3, -0.25) is 0 Å². The lowest BCUT2D eigenvalue weighted by molar-refractivity contribution is 0.569. The van der Waals surface area contributed by atoms with E-state index in [0.717, 1.165) is 41.7 Å². The molecule has 1 aromatic carbocycles. The predicted molar refractivity (Wildman–Crippen MR) is 136 cm³/mol. The van der Waals surface area contributed by atoms with Gasteiger partial charge in [-0.05, 0) is 57.4 Å². The van der Waals surface area contributed by atoms with Crippen LogP contribution in [0, 0.1) is 0 Å². The maximum Gasteiger partial charge on any atom is 0.216 e. The normalized spacial score (nSPS) is 19.8. The Morgan fingerprint density at radius 1 is 1.24 bits per heavy atom. The van der Waals surface area contributed by atoms with Crippen LogP contribution < -0.4 is 15.4 Å². The van der Waals surface area contributed by atoms with Gasteiger partial charge in [-0.25, -0.2) is 18.1 Å². The number of rotatable bonds is 9. The van der Waals surface area contributed by atoms with Crippen LogP contribution in [0.5, 0.6) is 0 Å². The van der Waals surface area contributed by atoms with Gasteiger partial charge in [0.15, 0.2) is 5.96 Å². The molecule has 0 radical (unpaired) electrons. The first kappa shape index (κ1) is 26.5. The molecular formula is C20H35IN4O2S2. The van der Waals surface area contributed by atoms with Gasteiger partial charge in [0.05, 0.1) is 12.3 Å². The van der Waals surface area contributed by atoms with Crippen molar-refractivity contribution in [1.82, 2.24) is 15.4 Å². The topological polar surface area (TPSA) is 82.6 Å². The summed E-state index contributed by atoms with van der Waals surface area (Å²) in [5.41, 5.74) is 1.72. The van der Waals surface area contributed by atoms with Crippen LogP contribution in [0.4, 0.5) is 0 Å². The van der Waals surface area contributed by atoms with E-state index in [9.17, 15) is 8.42 Å². The highest BCUT2D eigenvalue weighted by molar-refractivity contribution is 14.0. The summed E-state index contributed by atoms with van der Waals surface area (Å²) in [4.78, 5) is 4.72. The molecule has 1 aromatic rings. The molecule has 9 heteroatoms. The third kappa shape index (κ3) is 9.44. The zero-order valence-electron chi connectivity index (χ0n) is 17.8. The molecule has 1 aliphatic carbocycles. The molecule has 0 aromatic heterocycles. The number of sulfonamides is 1. The Morgan fingerprint density at radius 3 is 2.52 bits per heavy atom. The zero-order chi connectivity index (χ0) is 20.6. The molecule has 1 aliphatic rings. The molecule has 0 heterocycles. The van der Waals surface area contributed by atoms with E-state index in [1.165, 1.54) is 6.42 Å². The number of aliphatic imine (C=N–C) groups is 1. The molecule has 1 saturated carbocycles. The van der Waals surface area contributed by atoms with Crippen molar-refractivity contribution in [3.8, 4) is 0 Å². The Morgan fingerprint density at radius 2 is 1.93 bits per heavy atom. The summed E-state index contributed by atoms with van der Waals surface area (Å²) in [6.07, 6.45) is 5.72. The molecule has 0 amide bonds. The average molecular weight is 555 g/mol.